The van der Waals surface area contributed by atoms with Crippen LogP contribution in [0.4, 0.5) is 20.4 Å². The molecule has 1 amide bonds. The number of carbonyl (C=O) groups excluding carboxylic acids is 1. The van der Waals surface area contributed by atoms with E-state index in [1.807, 2.05) is 24.3 Å². The number of amides is 1. The summed E-state index contributed by atoms with van der Waals surface area (Å²) in [6.45, 7) is 0. The monoisotopic (exact) mass is 710 g/mol. The molecule has 0 bridgehead atoms. The van der Waals surface area contributed by atoms with Gasteiger partial charge in [0.2, 0.25) is 0 Å². The Morgan fingerprint density at radius 1 is 0.642 bits per heavy atom. The molecule has 4 N–H and O–H groups in total. The molecule has 6 heterocycles. The molecular weight excluding hydrogens is 678 g/mol. The minimum absolute atomic E-state index is 0.212. The summed E-state index contributed by atoms with van der Waals surface area (Å²) in [5.41, 5.74) is 11.5. The zero-order valence-corrected chi connectivity index (χ0v) is 28.1. The maximum absolute atomic E-state index is 13.2. The minimum atomic E-state index is -0.925. The van der Waals surface area contributed by atoms with Crippen molar-refractivity contribution in [1.82, 2.24) is 28.7 Å². The first-order chi connectivity index (χ1) is 25.7. The Bertz CT molecular complexity index is 2480. The van der Waals surface area contributed by atoms with E-state index < -0.39 is 5.97 Å². The van der Waals surface area contributed by atoms with Gasteiger partial charge in [0.05, 0.1) is 11.1 Å². The number of imidazole rings is 2. The number of anilines is 2. The molecule has 0 fully saturated rings. The van der Waals surface area contributed by atoms with Crippen LogP contribution in [0.3, 0.4) is 0 Å². The summed E-state index contributed by atoms with van der Waals surface area (Å²) in [7, 11) is 0. The maximum atomic E-state index is 13.2. The first-order valence-electron chi connectivity index (χ1n) is 16.2. The first-order valence-corrected chi connectivity index (χ1v) is 16.2. The van der Waals surface area contributed by atoms with Gasteiger partial charge in [-0.25, -0.2) is 33.5 Å². The van der Waals surface area contributed by atoms with Gasteiger partial charge in [-0.2, -0.15) is 0 Å². The Balaban J connectivity index is 0.000000150. The number of nitrogens with one attached hydrogen (secondary N) is 1. The number of halogens is 2. The average molecular weight is 711 g/mol. The van der Waals surface area contributed by atoms with Crippen molar-refractivity contribution in [2.45, 2.75) is 12.8 Å². The van der Waals surface area contributed by atoms with Crippen molar-refractivity contribution in [3.8, 4) is 0 Å². The van der Waals surface area contributed by atoms with Gasteiger partial charge >= 0.3 is 5.97 Å². The number of nitrogens with zero attached hydrogens (tertiary/aromatic N) is 6. The van der Waals surface area contributed by atoms with Crippen LogP contribution in [-0.2, 0) is 12.8 Å². The minimum Gasteiger partial charge on any atom is -0.478 e. The van der Waals surface area contributed by atoms with Crippen molar-refractivity contribution in [2.24, 2.45) is 0 Å². The molecule has 6 aromatic heterocycles. The summed E-state index contributed by atoms with van der Waals surface area (Å²) >= 11 is 0. The van der Waals surface area contributed by atoms with Crippen molar-refractivity contribution in [2.75, 3.05) is 11.1 Å². The fourth-order valence-corrected chi connectivity index (χ4v) is 5.20. The number of benzene rings is 2. The van der Waals surface area contributed by atoms with Crippen LogP contribution in [-0.4, -0.2) is 45.7 Å². The van der Waals surface area contributed by atoms with Gasteiger partial charge in [-0.05, 0) is 95.8 Å². The van der Waals surface area contributed by atoms with Crippen LogP contribution in [0.25, 0.3) is 11.3 Å². The fourth-order valence-electron chi connectivity index (χ4n) is 5.20. The number of aromatic nitrogens is 6. The second-order valence-corrected chi connectivity index (χ2v) is 11.7. The van der Waals surface area contributed by atoms with E-state index in [1.54, 1.807) is 94.6 Å². The number of hydrogen-bond acceptors (Lipinski definition) is 7. The Kier molecular flexibility index (Phi) is 11.1. The number of fused-ring (bicyclic) bond motifs is 2. The lowest BCUT2D eigenvalue weighted by atomic mass is 10.1. The molecule has 0 saturated carbocycles. The quantitative estimate of drug-likeness (QED) is 0.158. The van der Waals surface area contributed by atoms with E-state index >= 15 is 0 Å². The van der Waals surface area contributed by atoms with Gasteiger partial charge in [-0.3, -0.25) is 4.79 Å². The molecule has 11 nitrogen and oxygen atoms in total. The largest absolute Gasteiger partial charge is 0.478 e. The highest BCUT2D eigenvalue weighted by Gasteiger charge is 2.09. The van der Waals surface area contributed by atoms with Crippen LogP contribution in [0.1, 0.15) is 43.0 Å². The van der Waals surface area contributed by atoms with Crippen LogP contribution in [0.2, 0.25) is 0 Å². The Hall–Kier alpha value is -7.28. The Morgan fingerprint density at radius 2 is 1.19 bits per heavy atom. The molecule has 0 atom stereocenters. The van der Waals surface area contributed by atoms with E-state index in [1.165, 1.54) is 36.5 Å². The van der Waals surface area contributed by atoms with E-state index in [0.717, 1.165) is 33.5 Å². The number of nitrogen functional groups attached to an aromatic ring is 1. The predicted molar refractivity (Wildman–Crippen MR) is 197 cm³/mol. The molecular formula is C40H32F2N8O3. The van der Waals surface area contributed by atoms with Gasteiger partial charge in [0, 0.05) is 49.6 Å². The van der Waals surface area contributed by atoms with E-state index in [9.17, 15) is 18.4 Å². The third-order valence-corrected chi connectivity index (χ3v) is 7.80. The van der Waals surface area contributed by atoms with Gasteiger partial charge in [-0.1, -0.05) is 36.4 Å². The van der Waals surface area contributed by atoms with Gasteiger partial charge in [0.25, 0.3) is 5.91 Å². The highest BCUT2D eigenvalue weighted by Crippen LogP contribution is 2.14. The lowest BCUT2D eigenvalue weighted by molar-refractivity contribution is 0.0696. The number of carboxylic acid groups (broad SMARTS) is 1. The Labute approximate surface area is 302 Å². The van der Waals surface area contributed by atoms with Crippen molar-refractivity contribution in [3.05, 3.63) is 192 Å². The second-order valence-electron chi connectivity index (χ2n) is 11.7. The van der Waals surface area contributed by atoms with Gasteiger partial charge < -0.3 is 25.0 Å². The molecule has 0 saturated heterocycles. The average Bonchev–Trinajstić information content (AvgIpc) is 3.83. The van der Waals surface area contributed by atoms with E-state index in [2.05, 4.69) is 25.3 Å². The van der Waals surface area contributed by atoms with Crippen molar-refractivity contribution in [3.63, 3.8) is 0 Å². The van der Waals surface area contributed by atoms with E-state index in [4.69, 9.17) is 10.8 Å². The molecule has 0 spiro atoms. The number of aromatic carboxylic acids is 1. The number of rotatable bonds is 7. The highest BCUT2D eigenvalue weighted by molar-refractivity contribution is 6.03. The zero-order valence-electron chi connectivity index (χ0n) is 28.1. The first kappa shape index (κ1) is 35.5. The lowest BCUT2D eigenvalue weighted by Crippen LogP contribution is -2.13. The molecule has 0 radical (unpaired) electrons. The Morgan fingerprint density at radius 3 is 1.70 bits per heavy atom. The number of carbonyl (C=O) groups is 2. The van der Waals surface area contributed by atoms with Crippen molar-refractivity contribution in [1.29, 1.82) is 0 Å². The molecule has 0 unspecified atom stereocenters. The number of pyridine rings is 4. The summed E-state index contributed by atoms with van der Waals surface area (Å²) < 4.78 is 29.6. The molecule has 0 aliphatic rings. The van der Waals surface area contributed by atoms with Gasteiger partial charge in [0.15, 0.2) is 0 Å². The van der Waals surface area contributed by atoms with Crippen LogP contribution in [0.15, 0.2) is 147 Å². The number of hydrogen-bond donors (Lipinski definition) is 3. The summed E-state index contributed by atoms with van der Waals surface area (Å²) in [5, 5.41) is 11.4. The van der Waals surface area contributed by atoms with Gasteiger partial charge in [0.1, 0.15) is 34.6 Å². The standard InChI is InChI=1S/C20H15FN4O.C12H11FN2.C8H6N2O2/c21-17-3-1-2-14(11-17)10-15-4-6-18(23-12-15)24-20(26)16-5-7-19-22-8-9-25(19)13-16;13-11-3-1-2-9(7-11)6-10-4-5-12(14)15-8-10;11-8(12)6-1-2-7-9-3-4-10(7)5-6/h1-9,11-13H,10H2,(H,23,24,26);1-5,7-8H,6H2,(H2,14,15);1-5H,(H,11,12). The summed E-state index contributed by atoms with van der Waals surface area (Å²) in [5.74, 6) is -0.677. The van der Waals surface area contributed by atoms with Crippen molar-refractivity contribution < 1.29 is 23.5 Å². The van der Waals surface area contributed by atoms with E-state index in [0.29, 0.717) is 30.0 Å². The van der Waals surface area contributed by atoms with Crippen molar-refractivity contribution >= 4 is 34.8 Å². The van der Waals surface area contributed by atoms with Crippen LogP contribution < -0.4 is 11.1 Å². The smallest absolute Gasteiger partial charge is 0.337 e. The van der Waals surface area contributed by atoms with Gasteiger partial charge in [-0.15, -0.1) is 0 Å². The van der Waals surface area contributed by atoms with Crippen LogP contribution in [0.5, 0.6) is 0 Å². The topological polar surface area (TPSA) is 153 Å². The second kappa shape index (κ2) is 16.6. The lowest BCUT2D eigenvalue weighted by Gasteiger charge is -2.07. The number of nitrogens with two attached hydrogens (primary N) is 1. The van der Waals surface area contributed by atoms with Crippen LogP contribution >= 0.6 is 0 Å². The molecule has 2 aromatic carbocycles. The third kappa shape index (κ3) is 9.92. The predicted octanol–water partition coefficient (Wildman–Crippen LogP) is 7.14. The molecule has 53 heavy (non-hydrogen) atoms. The maximum Gasteiger partial charge on any atom is 0.337 e. The van der Waals surface area contributed by atoms with Crippen LogP contribution in [0, 0.1) is 11.6 Å². The molecule has 8 rings (SSSR count). The fraction of sp³-hybridized carbons (Fsp3) is 0.0500. The normalized spacial score (nSPS) is 10.5. The number of carboxylic acids is 1. The molecule has 0 aliphatic carbocycles. The molecule has 8 aromatic rings. The SMILES string of the molecule is Nc1ccc(Cc2cccc(F)c2)cn1.O=C(Nc1ccc(Cc2cccc(F)c2)cn1)c1ccc2nccn2c1.O=C(O)c1ccc2nccn2c1. The third-order valence-electron chi connectivity index (χ3n) is 7.80. The molecule has 264 valence electrons. The molecule has 13 heteroatoms. The van der Waals surface area contributed by atoms with E-state index in [-0.39, 0.29) is 23.1 Å². The zero-order chi connectivity index (χ0) is 37.2. The summed E-state index contributed by atoms with van der Waals surface area (Å²) in [6.07, 6.45) is 14.7. The molecule has 0 aliphatic heterocycles. The summed E-state index contributed by atoms with van der Waals surface area (Å²) in [4.78, 5) is 39.3. The highest BCUT2D eigenvalue weighted by atomic mass is 19.1. The summed E-state index contributed by atoms with van der Waals surface area (Å²) in [6, 6.07) is 27.0.